The standard InChI is InChI=1S/C3H7O7P.Ba.H2O/c4-2(3(5)6)1-10-11(7,8)9;;/h2,4H,1H2,(H,5,6)(H2,7,8,9);;1H2/t2-;;/m1../s1. The van der Waals surface area contributed by atoms with Crippen molar-refractivity contribution in [3.05, 3.63) is 0 Å². The maximum atomic E-state index is 9.93. The van der Waals surface area contributed by atoms with E-state index in [1.807, 2.05) is 0 Å². The number of rotatable bonds is 4. The first-order valence-electron chi connectivity index (χ1n) is 2.44. The van der Waals surface area contributed by atoms with Crippen molar-refractivity contribution >= 4 is 62.7 Å². The summed E-state index contributed by atoms with van der Waals surface area (Å²) in [4.78, 5) is 25.9. The summed E-state index contributed by atoms with van der Waals surface area (Å²) < 4.78 is 13.6. The molecular weight excluding hydrogens is 332 g/mol. The summed E-state index contributed by atoms with van der Waals surface area (Å²) in [7, 11) is -4.68. The van der Waals surface area contributed by atoms with Gasteiger partial charge in [-0.1, -0.05) is 0 Å². The Bertz CT molecular complexity index is 188. The van der Waals surface area contributed by atoms with Gasteiger partial charge in [-0.05, 0) is 0 Å². The Morgan fingerprint density at radius 3 is 2.08 bits per heavy atom. The maximum Gasteiger partial charge on any atom is 0.469 e. The van der Waals surface area contributed by atoms with Crippen LogP contribution in [0.2, 0.25) is 0 Å². The molecule has 8 nitrogen and oxygen atoms in total. The number of carbonyl (C=O) groups is 1. The third-order valence-corrected chi connectivity index (χ3v) is 1.17. The molecule has 0 aliphatic carbocycles. The summed E-state index contributed by atoms with van der Waals surface area (Å²) in [6.07, 6.45) is -1.91. The first-order valence-corrected chi connectivity index (χ1v) is 3.97. The molecule has 0 heterocycles. The van der Waals surface area contributed by atoms with E-state index in [0.29, 0.717) is 0 Å². The number of carboxylic acid groups (broad SMARTS) is 1. The average Bonchev–Trinajstić information content (AvgIpc) is 1.80. The average molecular weight is 341 g/mol. The van der Waals surface area contributed by atoms with E-state index in [0.717, 1.165) is 0 Å². The topological polar surface area (TPSA) is 156 Å². The van der Waals surface area contributed by atoms with Gasteiger partial charge in [-0.3, -0.25) is 4.52 Å². The molecule has 6 N–H and O–H groups in total. The fourth-order valence-electron chi connectivity index (χ4n) is 0.239. The molecule has 0 aromatic carbocycles. The van der Waals surface area contributed by atoms with Gasteiger partial charge in [0.15, 0.2) is 6.10 Å². The Labute approximate surface area is 114 Å². The summed E-state index contributed by atoms with van der Waals surface area (Å²) in [5, 5.41) is 16.4. The van der Waals surface area contributed by atoms with E-state index in [-0.39, 0.29) is 54.4 Å². The van der Waals surface area contributed by atoms with Crippen LogP contribution in [0.5, 0.6) is 0 Å². The second-order valence-electron chi connectivity index (χ2n) is 1.64. The molecule has 76 valence electrons. The maximum absolute atomic E-state index is 9.93. The summed E-state index contributed by atoms with van der Waals surface area (Å²) in [6.45, 7) is -0.931. The van der Waals surface area contributed by atoms with Gasteiger partial charge in [-0.15, -0.1) is 0 Å². The quantitative estimate of drug-likeness (QED) is 0.321. The van der Waals surface area contributed by atoms with E-state index >= 15 is 0 Å². The molecule has 0 amide bonds. The van der Waals surface area contributed by atoms with Gasteiger partial charge in [0, 0.05) is 48.9 Å². The van der Waals surface area contributed by atoms with E-state index in [9.17, 15) is 9.36 Å². The predicted molar refractivity (Wildman–Crippen MR) is 41.0 cm³/mol. The minimum absolute atomic E-state index is 0. The van der Waals surface area contributed by atoms with E-state index in [4.69, 9.17) is 20.0 Å². The van der Waals surface area contributed by atoms with Crippen molar-refractivity contribution in [3.63, 3.8) is 0 Å². The summed E-state index contributed by atoms with van der Waals surface area (Å²) in [5.41, 5.74) is 0. The molecule has 0 unspecified atom stereocenters. The van der Waals surface area contributed by atoms with Crippen LogP contribution >= 0.6 is 7.82 Å². The first-order chi connectivity index (χ1) is 4.83. The van der Waals surface area contributed by atoms with Crippen LogP contribution in [0.25, 0.3) is 0 Å². The number of aliphatic carboxylic acids is 1. The van der Waals surface area contributed by atoms with Crippen molar-refractivity contribution in [1.29, 1.82) is 0 Å². The van der Waals surface area contributed by atoms with Crippen LogP contribution < -0.4 is 0 Å². The van der Waals surface area contributed by atoms with Crippen molar-refractivity contribution in [2.24, 2.45) is 0 Å². The van der Waals surface area contributed by atoms with Crippen molar-refractivity contribution in [2.75, 3.05) is 6.61 Å². The van der Waals surface area contributed by atoms with Crippen molar-refractivity contribution < 1.29 is 39.4 Å². The molecule has 0 aromatic rings. The number of phosphoric ester groups is 1. The van der Waals surface area contributed by atoms with Crippen LogP contribution in [0.4, 0.5) is 0 Å². The summed E-state index contributed by atoms with van der Waals surface area (Å²) in [5.74, 6) is -1.60. The number of phosphoric acid groups is 1. The SMILES string of the molecule is O.O=C(O)[C@H](O)COP(=O)(O)O.[Ba]. The minimum Gasteiger partial charge on any atom is -0.479 e. The molecule has 1 atom stereocenters. The predicted octanol–water partition coefficient (Wildman–Crippen LogP) is -2.66. The van der Waals surface area contributed by atoms with Crippen molar-refractivity contribution in [3.8, 4) is 0 Å². The Morgan fingerprint density at radius 2 is 1.85 bits per heavy atom. The molecule has 0 aliphatic heterocycles. The first kappa shape index (κ1) is 19.6. The number of carboxylic acids is 1. The van der Waals surface area contributed by atoms with Crippen LogP contribution in [0.15, 0.2) is 0 Å². The Kier molecular flexibility index (Phi) is 12.7. The largest absolute Gasteiger partial charge is 0.479 e. The molecule has 0 aromatic heterocycles. The zero-order valence-corrected chi connectivity index (χ0v) is 11.8. The van der Waals surface area contributed by atoms with E-state index < -0.39 is 26.5 Å². The molecule has 0 rings (SSSR count). The van der Waals surface area contributed by atoms with Gasteiger partial charge in [0.2, 0.25) is 0 Å². The van der Waals surface area contributed by atoms with Crippen molar-refractivity contribution in [2.45, 2.75) is 6.10 Å². The molecule has 0 saturated carbocycles. The fourth-order valence-corrected chi connectivity index (χ4v) is 0.574. The molecule has 0 aliphatic rings. The third-order valence-electron chi connectivity index (χ3n) is 0.686. The van der Waals surface area contributed by atoms with E-state index in [1.54, 1.807) is 0 Å². The van der Waals surface area contributed by atoms with Crippen LogP contribution in [-0.2, 0) is 13.9 Å². The van der Waals surface area contributed by atoms with Gasteiger partial charge in [0.1, 0.15) is 0 Å². The summed E-state index contributed by atoms with van der Waals surface area (Å²) >= 11 is 0. The Hall–Kier alpha value is 1.07. The second kappa shape index (κ2) is 8.39. The number of hydrogen-bond acceptors (Lipinski definition) is 4. The molecule has 0 spiro atoms. The van der Waals surface area contributed by atoms with Gasteiger partial charge in [0.25, 0.3) is 0 Å². The number of aliphatic hydroxyl groups is 1. The third kappa shape index (κ3) is 13.1. The van der Waals surface area contributed by atoms with Gasteiger partial charge in [0.05, 0.1) is 6.61 Å². The Morgan fingerprint density at radius 1 is 1.46 bits per heavy atom. The molecule has 0 bridgehead atoms. The van der Waals surface area contributed by atoms with Crippen molar-refractivity contribution in [1.82, 2.24) is 0 Å². The van der Waals surface area contributed by atoms with Gasteiger partial charge >= 0.3 is 13.8 Å². The van der Waals surface area contributed by atoms with Crippen LogP contribution in [-0.4, -0.2) is 93.0 Å². The van der Waals surface area contributed by atoms with Gasteiger partial charge < -0.3 is 25.5 Å². The normalized spacial score (nSPS) is 12.2. The molecule has 0 saturated heterocycles. The molecule has 2 radical (unpaired) electrons. The summed E-state index contributed by atoms with van der Waals surface area (Å²) in [6, 6.07) is 0. The Balaban J connectivity index is -0.000000500. The molecule has 10 heteroatoms. The molecule has 13 heavy (non-hydrogen) atoms. The van der Waals surface area contributed by atoms with E-state index in [1.165, 1.54) is 0 Å². The smallest absolute Gasteiger partial charge is 0.469 e. The monoisotopic (exact) mass is 342 g/mol. The van der Waals surface area contributed by atoms with Gasteiger partial charge in [-0.2, -0.15) is 0 Å². The number of aliphatic hydroxyl groups excluding tert-OH is 1. The molecule has 0 fully saturated rings. The zero-order chi connectivity index (χ0) is 9.07. The van der Waals surface area contributed by atoms with Crippen LogP contribution in [0.1, 0.15) is 0 Å². The minimum atomic E-state index is -4.68. The van der Waals surface area contributed by atoms with Gasteiger partial charge in [-0.25, -0.2) is 9.36 Å². The number of hydrogen-bond donors (Lipinski definition) is 4. The van der Waals surface area contributed by atoms with E-state index in [2.05, 4.69) is 4.52 Å². The second-order valence-corrected chi connectivity index (χ2v) is 2.88. The zero-order valence-electron chi connectivity index (χ0n) is 6.45. The van der Waals surface area contributed by atoms with Crippen LogP contribution in [0.3, 0.4) is 0 Å². The molecular formula is C3H9BaO8P. The van der Waals surface area contributed by atoms with Crippen LogP contribution in [0, 0.1) is 0 Å². The fraction of sp³-hybridized carbons (Fsp3) is 0.667.